The van der Waals surface area contributed by atoms with Crippen LogP contribution in [0.15, 0.2) is 36.4 Å². The first-order chi connectivity index (χ1) is 7.24. The van der Waals surface area contributed by atoms with E-state index < -0.39 is 0 Å². The molecular weight excluding hydrogens is 188 g/mol. The van der Waals surface area contributed by atoms with Gasteiger partial charge in [0, 0.05) is 6.92 Å². The Morgan fingerprint density at radius 2 is 1.93 bits per heavy atom. The Hall–Kier alpha value is -1.77. The normalized spacial score (nSPS) is 10.9. The molecule has 0 radical (unpaired) electrons. The molecule has 2 N–H and O–H groups in total. The van der Waals surface area contributed by atoms with E-state index in [0.29, 0.717) is 0 Å². The largest absolute Gasteiger partial charge is 0.298 e. The summed E-state index contributed by atoms with van der Waals surface area (Å²) in [6.07, 6.45) is 2.95. The summed E-state index contributed by atoms with van der Waals surface area (Å²) in [5.41, 5.74) is 7.46. The third-order valence-electron chi connectivity index (χ3n) is 1.87. The number of rotatable bonds is 4. The number of hydrogen-bond donors (Lipinski definition) is 2. The van der Waals surface area contributed by atoms with E-state index in [2.05, 4.69) is 17.8 Å². The second kappa shape index (κ2) is 5.86. The quantitative estimate of drug-likeness (QED) is 0.737. The maximum Gasteiger partial charge on any atom is 0.235 e. The van der Waals surface area contributed by atoms with Gasteiger partial charge in [0.1, 0.15) is 0 Å². The Balaban J connectivity index is 2.75. The molecule has 0 spiro atoms. The van der Waals surface area contributed by atoms with Crippen LogP contribution >= 0.6 is 0 Å². The highest BCUT2D eigenvalue weighted by Gasteiger charge is 1.99. The summed E-state index contributed by atoms with van der Waals surface area (Å²) < 4.78 is 0. The van der Waals surface area contributed by atoms with E-state index in [1.165, 1.54) is 6.92 Å². The topological polar surface area (TPSA) is 41.1 Å². The van der Waals surface area contributed by atoms with Gasteiger partial charge in [-0.25, -0.2) is 0 Å². The number of hydrogen-bond acceptors (Lipinski definition) is 2. The van der Waals surface area contributed by atoms with Crippen molar-refractivity contribution in [3.63, 3.8) is 0 Å². The first-order valence-corrected chi connectivity index (χ1v) is 5.02. The van der Waals surface area contributed by atoms with Crippen LogP contribution in [0, 0.1) is 0 Å². The molecule has 1 aromatic carbocycles. The number of benzene rings is 1. The molecule has 0 heterocycles. The SMILES string of the molecule is CCC=C(NNC(C)=O)c1ccccc1. The third-order valence-corrected chi connectivity index (χ3v) is 1.87. The van der Waals surface area contributed by atoms with E-state index >= 15 is 0 Å². The lowest BCUT2D eigenvalue weighted by atomic mass is 10.1. The van der Waals surface area contributed by atoms with Gasteiger partial charge >= 0.3 is 0 Å². The number of carbonyl (C=O) groups excluding carboxylic acids is 1. The van der Waals surface area contributed by atoms with Crippen molar-refractivity contribution in [3.05, 3.63) is 42.0 Å². The molecule has 15 heavy (non-hydrogen) atoms. The average Bonchev–Trinajstić information content (AvgIpc) is 2.25. The third kappa shape index (κ3) is 3.85. The van der Waals surface area contributed by atoms with Gasteiger partial charge in [0.25, 0.3) is 0 Å². The van der Waals surface area contributed by atoms with E-state index in [-0.39, 0.29) is 5.91 Å². The van der Waals surface area contributed by atoms with E-state index in [9.17, 15) is 4.79 Å². The van der Waals surface area contributed by atoms with Crippen molar-refractivity contribution in [1.29, 1.82) is 0 Å². The molecule has 1 rings (SSSR count). The summed E-state index contributed by atoms with van der Waals surface area (Å²) in [7, 11) is 0. The van der Waals surface area contributed by atoms with Gasteiger partial charge in [0.2, 0.25) is 5.91 Å². The van der Waals surface area contributed by atoms with Crippen molar-refractivity contribution in [2.24, 2.45) is 0 Å². The fraction of sp³-hybridized carbons (Fsp3) is 0.250. The highest BCUT2D eigenvalue weighted by atomic mass is 16.2. The molecule has 80 valence electrons. The molecule has 0 fully saturated rings. The highest BCUT2D eigenvalue weighted by Crippen LogP contribution is 2.10. The molecular formula is C12H16N2O. The molecule has 0 atom stereocenters. The molecule has 0 aliphatic carbocycles. The number of allylic oxidation sites excluding steroid dienone is 1. The molecule has 0 bridgehead atoms. The van der Waals surface area contributed by atoms with E-state index in [4.69, 9.17) is 0 Å². The van der Waals surface area contributed by atoms with Crippen LogP contribution in [0.4, 0.5) is 0 Å². The van der Waals surface area contributed by atoms with Gasteiger partial charge in [0.15, 0.2) is 0 Å². The Bertz CT molecular complexity index is 344. The fourth-order valence-corrected chi connectivity index (χ4v) is 1.22. The lowest BCUT2D eigenvalue weighted by molar-refractivity contribution is -0.119. The Morgan fingerprint density at radius 1 is 1.27 bits per heavy atom. The first-order valence-electron chi connectivity index (χ1n) is 5.02. The summed E-state index contributed by atoms with van der Waals surface area (Å²) in [6.45, 7) is 3.53. The van der Waals surface area contributed by atoms with Crippen molar-refractivity contribution in [1.82, 2.24) is 10.9 Å². The molecule has 3 nitrogen and oxygen atoms in total. The first kappa shape index (κ1) is 11.3. The van der Waals surface area contributed by atoms with E-state index in [1.807, 2.05) is 36.4 Å². The lowest BCUT2D eigenvalue weighted by Gasteiger charge is -2.11. The van der Waals surface area contributed by atoms with Gasteiger partial charge in [-0.1, -0.05) is 43.3 Å². The Kier molecular flexibility index (Phi) is 4.41. The standard InChI is InChI=1S/C12H16N2O/c1-3-7-12(14-13-10(2)15)11-8-5-4-6-9-11/h4-9,14H,3H2,1-2H3,(H,13,15). The van der Waals surface area contributed by atoms with Gasteiger partial charge in [-0.05, 0) is 12.0 Å². The second-order valence-corrected chi connectivity index (χ2v) is 3.20. The summed E-state index contributed by atoms with van der Waals surface area (Å²) in [5, 5.41) is 0. The van der Waals surface area contributed by atoms with Crippen molar-refractivity contribution in [2.45, 2.75) is 20.3 Å². The van der Waals surface area contributed by atoms with Crippen LogP contribution in [-0.4, -0.2) is 5.91 Å². The van der Waals surface area contributed by atoms with Crippen LogP contribution in [0.5, 0.6) is 0 Å². The molecule has 0 aliphatic rings. The number of amides is 1. The molecule has 0 saturated carbocycles. The maximum atomic E-state index is 10.8. The number of nitrogens with one attached hydrogen (secondary N) is 2. The van der Waals surface area contributed by atoms with Gasteiger partial charge in [-0.3, -0.25) is 15.6 Å². The Morgan fingerprint density at radius 3 is 2.47 bits per heavy atom. The predicted octanol–water partition coefficient (Wildman–Crippen LogP) is 2.08. The fourth-order valence-electron chi connectivity index (χ4n) is 1.22. The minimum atomic E-state index is -0.104. The second-order valence-electron chi connectivity index (χ2n) is 3.20. The monoisotopic (exact) mass is 204 g/mol. The smallest absolute Gasteiger partial charge is 0.235 e. The zero-order valence-corrected chi connectivity index (χ0v) is 9.08. The zero-order valence-electron chi connectivity index (χ0n) is 9.08. The van der Waals surface area contributed by atoms with Crippen LogP contribution in [0.1, 0.15) is 25.8 Å². The van der Waals surface area contributed by atoms with Crippen LogP contribution in [0.3, 0.4) is 0 Å². The highest BCUT2D eigenvalue weighted by molar-refractivity contribution is 5.74. The lowest BCUT2D eigenvalue weighted by Crippen LogP contribution is -2.34. The van der Waals surface area contributed by atoms with Crippen molar-refractivity contribution < 1.29 is 4.79 Å². The maximum absolute atomic E-state index is 10.8. The summed E-state index contributed by atoms with van der Waals surface area (Å²) in [4.78, 5) is 10.8. The van der Waals surface area contributed by atoms with Crippen LogP contribution in [0.25, 0.3) is 5.70 Å². The number of carbonyl (C=O) groups is 1. The molecule has 1 amide bonds. The van der Waals surface area contributed by atoms with Crippen molar-refractivity contribution in [2.75, 3.05) is 0 Å². The summed E-state index contributed by atoms with van der Waals surface area (Å²) in [6, 6.07) is 9.89. The molecule has 0 aliphatic heterocycles. The number of hydrazine groups is 1. The molecule has 0 aromatic heterocycles. The average molecular weight is 204 g/mol. The molecule has 3 heteroatoms. The van der Waals surface area contributed by atoms with Gasteiger partial charge in [-0.2, -0.15) is 0 Å². The van der Waals surface area contributed by atoms with Crippen LogP contribution in [-0.2, 0) is 4.79 Å². The zero-order chi connectivity index (χ0) is 11.1. The van der Waals surface area contributed by atoms with Crippen LogP contribution in [0.2, 0.25) is 0 Å². The summed E-state index contributed by atoms with van der Waals surface area (Å²) >= 11 is 0. The van der Waals surface area contributed by atoms with Gasteiger partial charge < -0.3 is 0 Å². The van der Waals surface area contributed by atoms with Crippen molar-refractivity contribution in [3.8, 4) is 0 Å². The van der Waals surface area contributed by atoms with Gasteiger partial charge in [-0.15, -0.1) is 0 Å². The Labute approximate surface area is 90.2 Å². The van der Waals surface area contributed by atoms with Crippen LogP contribution < -0.4 is 10.9 Å². The van der Waals surface area contributed by atoms with E-state index in [1.54, 1.807) is 0 Å². The van der Waals surface area contributed by atoms with Crippen molar-refractivity contribution >= 4 is 11.6 Å². The summed E-state index contributed by atoms with van der Waals surface area (Å²) in [5.74, 6) is -0.104. The minimum Gasteiger partial charge on any atom is -0.298 e. The molecule has 0 saturated heterocycles. The predicted molar refractivity (Wildman–Crippen MR) is 61.7 cm³/mol. The van der Waals surface area contributed by atoms with Gasteiger partial charge in [0.05, 0.1) is 5.70 Å². The van der Waals surface area contributed by atoms with E-state index in [0.717, 1.165) is 17.7 Å². The minimum absolute atomic E-state index is 0.104. The molecule has 1 aromatic rings. The molecule has 0 unspecified atom stereocenters.